The van der Waals surface area contributed by atoms with Gasteiger partial charge in [-0.25, -0.2) is 4.98 Å². The molecule has 0 saturated heterocycles. The summed E-state index contributed by atoms with van der Waals surface area (Å²) >= 11 is 7.22. The van der Waals surface area contributed by atoms with E-state index in [-0.39, 0.29) is 18.2 Å². The number of benzene rings is 1. The Morgan fingerprint density at radius 2 is 1.91 bits per heavy atom. The van der Waals surface area contributed by atoms with Crippen molar-refractivity contribution in [3.05, 3.63) is 58.7 Å². The third kappa shape index (κ3) is 4.75. The van der Waals surface area contributed by atoms with E-state index in [0.717, 1.165) is 10.6 Å². The number of carbonyl (C=O) groups is 2. The lowest BCUT2D eigenvalue weighted by atomic mass is 10.1. The molecule has 2 amide bonds. The fourth-order valence-corrected chi connectivity index (χ4v) is 2.23. The molecule has 0 spiro atoms. The summed E-state index contributed by atoms with van der Waals surface area (Å²) in [5, 5.41) is 1.35. The van der Waals surface area contributed by atoms with Gasteiger partial charge in [0, 0.05) is 16.8 Å². The highest BCUT2D eigenvalue weighted by molar-refractivity contribution is 7.98. The molecule has 0 fully saturated rings. The van der Waals surface area contributed by atoms with Crippen molar-refractivity contribution in [3.8, 4) is 0 Å². The Kier molecular flexibility index (Phi) is 5.80. The van der Waals surface area contributed by atoms with Crippen molar-refractivity contribution in [3.63, 3.8) is 0 Å². The number of aromatic nitrogens is 1. The van der Waals surface area contributed by atoms with Crippen LogP contribution in [0.2, 0.25) is 5.02 Å². The number of pyridine rings is 1. The average molecular weight is 336 g/mol. The lowest BCUT2D eigenvalue weighted by Gasteiger charge is -2.08. The van der Waals surface area contributed by atoms with Crippen LogP contribution in [0.3, 0.4) is 0 Å². The second-order valence-electron chi connectivity index (χ2n) is 4.39. The van der Waals surface area contributed by atoms with Gasteiger partial charge in [-0.1, -0.05) is 23.7 Å². The number of amides is 2. The minimum Gasteiger partial charge on any atom is -0.273 e. The minimum atomic E-state index is -0.387. The Morgan fingerprint density at radius 3 is 2.59 bits per heavy atom. The van der Waals surface area contributed by atoms with Crippen LogP contribution in [0.4, 0.5) is 0 Å². The predicted molar refractivity (Wildman–Crippen MR) is 86.8 cm³/mol. The van der Waals surface area contributed by atoms with Crippen molar-refractivity contribution in [2.75, 3.05) is 6.26 Å². The summed E-state index contributed by atoms with van der Waals surface area (Å²) in [5.74, 6) is -0.697. The summed E-state index contributed by atoms with van der Waals surface area (Å²) in [6.45, 7) is 0. The number of halogens is 1. The summed E-state index contributed by atoms with van der Waals surface area (Å²) in [6, 6.07) is 10.2. The van der Waals surface area contributed by atoms with Gasteiger partial charge in [-0.15, -0.1) is 11.8 Å². The largest absolute Gasteiger partial charge is 0.273 e. The van der Waals surface area contributed by atoms with Crippen molar-refractivity contribution in [1.29, 1.82) is 0 Å². The molecule has 0 unspecified atom stereocenters. The van der Waals surface area contributed by atoms with Crippen LogP contribution in [0.1, 0.15) is 15.9 Å². The topological polar surface area (TPSA) is 71.1 Å². The SMILES string of the molecule is CSc1cc(C(=O)NNC(=O)Cc2ccc(Cl)cc2)ccn1. The Hall–Kier alpha value is -2.05. The highest BCUT2D eigenvalue weighted by atomic mass is 35.5. The third-order valence-corrected chi connectivity index (χ3v) is 3.69. The molecule has 2 N–H and O–H groups in total. The molecule has 22 heavy (non-hydrogen) atoms. The first-order chi connectivity index (χ1) is 10.6. The standard InChI is InChI=1S/C15H14ClN3O2S/c1-22-14-9-11(6-7-17-14)15(21)19-18-13(20)8-10-2-4-12(16)5-3-10/h2-7,9H,8H2,1H3,(H,18,20)(H,19,21). The second kappa shape index (κ2) is 7.82. The van der Waals surface area contributed by atoms with Crippen molar-refractivity contribution >= 4 is 35.2 Å². The lowest BCUT2D eigenvalue weighted by molar-refractivity contribution is -0.121. The molecule has 7 heteroatoms. The zero-order valence-electron chi connectivity index (χ0n) is 11.8. The van der Waals surface area contributed by atoms with Gasteiger partial charge in [-0.2, -0.15) is 0 Å². The first-order valence-corrected chi connectivity index (χ1v) is 8.02. The normalized spacial score (nSPS) is 10.1. The maximum Gasteiger partial charge on any atom is 0.269 e. The monoisotopic (exact) mass is 335 g/mol. The number of rotatable bonds is 4. The summed E-state index contributed by atoms with van der Waals surface area (Å²) in [6.07, 6.45) is 3.58. The maximum absolute atomic E-state index is 11.9. The molecule has 2 rings (SSSR count). The molecule has 1 aromatic carbocycles. The van der Waals surface area contributed by atoms with Crippen LogP contribution in [0.15, 0.2) is 47.6 Å². The highest BCUT2D eigenvalue weighted by Crippen LogP contribution is 2.12. The minimum absolute atomic E-state index is 0.157. The molecule has 0 atom stereocenters. The van der Waals surface area contributed by atoms with Gasteiger partial charge in [0.05, 0.1) is 11.4 Å². The van der Waals surface area contributed by atoms with Gasteiger partial charge in [0.2, 0.25) is 5.91 Å². The average Bonchev–Trinajstić information content (AvgIpc) is 2.55. The summed E-state index contributed by atoms with van der Waals surface area (Å²) in [7, 11) is 0. The van der Waals surface area contributed by atoms with Crippen molar-refractivity contribution < 1.29 is 9.59 Å². The van der Waals surface area contributed by atoms with Gasteiger partial charge in [0.1, 0.15) is 0 Å². The van der Waals surface area contributed by atoms with E-state index < -0.39 is 0 Å². The Morgan fingerprint density at radius 1 is 1.18 bits per heavy atom. The van der Waals surface area contributed by atoms with Crippen molar-refractivity contribution in [1.82, 2.24) is 15.8 Å². The molecule has 0 saturated carbocycles. The molecule has 0 aliphatic carbocycles. The Labute approximate surface area is 137 Å². The van der Waals surface area contributed by atoms with E-state index >= 15 is 0 Å². The maximum atomic E-state index is 11.9. The quantitative estimate of drug-likeness (QED) is 0.665. The molecular weight excluding hydrogens is 322 g/mol. The Bertz CT molecular complexity index is 677. The molecule has 0 aliphatic rings. The van der Waals surface area contributed by atoms with Crippen LogP contribution < -0.4 is 10.9 Å². The molecule has 0 bridgehead atoms. The molecule has 1 heterocycles. The van der Waals surface area contributed by atoms with Crippen LogP contribution in [0, 0.1) is 0 Å². The molecule has 5 nitrogen and oxygen atoms in total. The van der Waals surface area contributed by atoms with Crippen LogP contribution >= 0.6 is 23.4 Å². The third-order valence-electron chi connectivity index (χ3n) is 2.80. The zero-order valence-corrected chi connectivity index (χ0v) is 13.4. The fourth-order valence-electron chi connectivity index (χ4n) is 1.69. The van der Waals surface area contributed by atoms with Gasteiger partial charge in [-0.05, 0) is 36.1 Å². The predicted octanol–water partition coefficient (Wildman–Crippen LogP) is 2.46. The van der Waals surface area contributed by atoms with E-state index in [4.69, 9.17) is 11.6 Å². The second-order valence-corrected chi connectivity index (χ2v) is 5.66. The Balaban J connectivity index is 1.87. The van der Waals surface area contributed by atoms with E-state index in [1.54, 1.807) is 42.6 Å². The van der Waals surface area contributed by atoms with Crippen LogP contribution in [-0.2, 0) is 11.2 Å². The number of carbonyl (C=O) groups excluding carboxylic acids is 2. The number of hydrogen-bond acceptors (Lipinski definition) is 4. The van der Waals surface area contributed by atoms with E-state index in [0.29, 0.717) is 10.6 Å². The van der Waals surface area contributed by atoms with Crippen molar-refractivity contribution in [2.45, 2.75) is 11.4 Å². The molecule has 0 aliphatic heterocycles. The summed E-state index contributed by atoms with van der Waals surface area (Å²) < 4.78 is 0. The van der Waals surface area contributed by atoms with Gasteiger partial charge in [-0.3, -0.25) is 20.4 Å². The summed E-state index contributed by atoms with van der Waals surface area (Å²) in [5.41, 5.74) is 6.01. The van der Waals surface area contributed by atoms with Crippen LogP contribution in [0.5, 0.6) is 0 Å². The number of nitrogens with zero attached hydrogens (tertiary/aromatic N) is 1. The van der Waals surface area contributed by atoms with Gasteiger partial charge in [0.25, 0.3) is 5.91 Å². The van der Waals surface area contributed by atoms with E-state index in [1.807, 2.05) is 6.26 Å². The molecular formula is C15H14ClN3O2S. The number of thioether (sulfide) groups is 1. The molecule has 2 aromatic rings. The molecule has 1 aromatic heterocycles. The number of hydrazine groups is 1. The van der Waals surface area contributed by atoms with E-state index in [2.05, 4.69) is 15.8 Å². The van der Waals surface area contributed by atoms with E-state index in [1.165, 1.54) is 11.8 Å². The first-order valence-electron chi connectivity index (χ1n) is 6.42. The highest BCUT2D eigenvalue weighted by Gasteiger charge is 2.09. The van der Waals surface area contributed by atoms with E-state index in [9.17, 15) is 9.59 Å². The fraction of sp³-hybridized carbons (Fsp3) is 0.133. The smallest absolute Gasteiger partial charge is 0.269 e. The summed E-state index contributed by atoms with van der Waals surface area (Å²) in [4.78, 5) is 27.8. The van der Waals surface area contributed by atoms with Crippen LogP contribution in [0.25, 0.3) is 0 Å². The van der Waals surface area contributed by atoms with Gasteiger partial charge >= 0.3 is 0 Å². The lowest BCUT2D eigenvalue weighted by Crippen LogP contribution is -2.42. The van der Waals surface area contributed by atoms with Gasteiger partial charge in [0.15, 0.2) is 0 Å². The number of hydrogen-bond donors (Lipinski definition) is 2. The number of nitrogens with one attached hydrogen (secondary N) is 2. The van der Waals surface area contributed by atoms with Crippen LogP contribution in [-0.4, -0.2) is 23.1 Å². The van der Waals surface area contributed by atoms with Gasteiger partial charge < -0.3 is 0 Å². The molecule has 114 valence electrons. The molecule has 0 radical (unpaired) electrons. The van der Waals surface area contributed by atoms with Crippen molar-refractivity contribution in [2.24, 2.45) is 0 Å². The first kappa shape index (κ1) is 16.3. The zero-order chi connectivity index (χ0) is 15.9.